The first-order valence-corrected chi connectivity index (χ1v) is 12.9. The van der Waals surface area contributed by atoms with Gasteiger partial charge in [0.1, 0.15) is 6.04 Å². The fourth-order valence-corrected chi connectivity index (χ4v) is 8.65. The SMILES string of the molecule is C=CCN(C(=O)C1N(CCO)C(=O)[C@@H]2[C@@H](C(=O)OCC)[C@H]3CC(C)C12S3)c1cc(C)ccc1C. The second kappa shape index (κ2) is 9.38. The minimum atomic E-state index is -0.776. The number of ether oxygens (including phenoxy) is 1. The van der Waals surface area contributed by atoms with E-state index in [1.54, 1.807) is 29.7 Å². The topological polar surface area (TPSA) is 87.2 Å². The van der Waals surface area contributed by atoms with Gasteiger partial charge in [-0.3, -0.25) is 14.4 Å². The molecule has 1 N–H and O–H groups in total. The molecule has 1 aromatic carbocycles. The third-order valence-corrected chi connectivity index (χ3v) is 9.69. The summed E-state index contributed by atoms with van der Waals surface area (Å²) in [5.74, 6) is -1.92. The molecule has 3 heterocycles. The molecule has 3 unspecified atom stereocenters. The molecule has 7 nitrogen and oxygen atoms in total. The number of amides is 2. The van der Waals surface area contributed by atoms with Crippen molar-refractivity contribution in [1.82, 2.24) is 4.90 Å². The van der Waals surface area contributed by atoms with E-state index in [9.17, 15) is 19.5 Å². The summed E-state index contributed by atoms with van der Waals surface area (Å²) < 4.78 is 4.63. The molecule has 3 fully saturated rings. The van der Waals surface area contributed by atoms with Crippen LogP contribution in [0.5, 0.6) is 0 Å². The summed E-state index contributed by atoms with van der Waals surface area (Å²) in [7, 11) is 0. The minimum absolute atomic E-state index is 0.0513. The first-order chi connectivity index (χ1) is 16.2. The van der Waals surface area contributed by atoms with Crippen molar-refractivity contribution in [1.29, 1.82) is 0 Å². The van der Waals surface area contributed by atoms with Crippen molar-refractivity contribution in [2.24, 2.45) is 17.8 Å². The smallest absolute Gasteiger partial charge is 0.310 e. The zero-order valence-corrected chi connectivity index (χ0v) is 21.1. The number of aliphatic hydroxyl groups is 1. The lowest BCUT2D eigenvalue weighted by Crippen LogP contribution is -2.57. The van der Waals surface area contributed by atoms with E-state index in [0.29, 0.717) is 6.54 Å². The number of carbonyl (C=O) groups is 3. The maximum Gasteiger partial charge on any atom is 0.310 e. The highest BCUT2D eigenvalue weighted by Gasteiger charge is 2.76. The molecule has 0 aliphatic carbocycles. The molecular formula is C26H34N2O5S. The third kappa shape index (κ3) is 3.57. The molecule has 34 heavy (non-hydrogen) atoms. The second-order valence-electron chi connectivity index (χ2n) is 9.59. The third-order valence-electron chi connectivity index (χ3n) is 7.61. The van der Waals surface area contributed by atoms with Crippen LogP contribution in [0.3, 0.4) is 0 Å². The molecule has 8 heteroatoms. The van der Waals surface area contributed by atoms with Gasteiger partial charge >= 0.3 is 5.97 Å². The number of hydrogen-bond donors (Lipinski definition) is 1. The maximum absolute atomic E-state index is 14.4. The Labute approximate surface area is 205 Å². The van der Waals surface area contributed by atoms with Crippen LogP contribution in [0.25, 0.3) is 0 Å². The number of nitrogens with zero attached hydrogens (tertiary/aromatic N) is 2. The van der Waals surface area contributed by atoms with Crippen LogP contribution in [0, 0.1) is 31.6 Å². The van der Waals surface area contributed by atoms with Crippen LogP contribution in [-0.4, -0.2) is 70.1 Å². The van der Waals surface area contributed by atoms with Crippen LogP contribution in [0.15, 0.2) is 30.9 Å². The van der Waals surface area contributed by atoms with Gasteiger partial charge in [-0.1, -0.05) is 25.1 Å². The highest BCUT2D eigenvalue weighted by atomic mass is 32.2. The van der Waals surface area contributed by atoms with Crippen molar-refractivity contribution in [2.45, 2.75) is 50.2 Å². The highest BCUT2D eigenvalue weighted by molar-refractivity contribution is 8.02. The van der Waals surface area contributed by atoms with Gasteiger partial charge in [0.2, 0.25) is 5.91 Å². The number of aliphatic hydroxyl groups excluding tert-OH is 1. The molecule has 3 aliphatic heterocycles. The molecule has 0 aromatic heterocycles. The lowest BCUT2D eigenvalue weighted by Gasteiger charge is -2.40. The molecular weight excluding hydrogens is 452 g/mol. The van der Waals surface area contributed by atoms with Crippen molar-refractivity contribution in [2.75, 3.05) is 31.2 Å². The van der Waals surface area contributed by atoms with Crippen molar-refractivity contribution >= 4 is 35.2 Å². The molecule has 4 rings (SSSR count). The molecule has 0 saturated carbocycles. The average molecular weight is 487 g/mol. The maximum atomic E-state index is 14.4. The molecule has 3 saturated heterocycles. The molecule has 2 amide bonds. The van der Waals surface area contributed by atoms with Crippen LogP contribution in [-0.2, 0) is 19.1 Å². The minimum Gasteiger partial charge on any atom is -0.466 e. The normalized spacial score (nSPS) is 31.5. The number of carbonyl (C=O) groups excluding carboxylic acids is 3. The first kappa shape index (κ1) is 24.8. The highest BCUT2D eigenvalue weighted by Crippen LogP contribution is 2.68. The number of benzene rings is 1. The number of aryl methyl sites for hydroxylation is 2. The fraction of sp³-hybridized carbons (Fsp3) is 0.577. The molecule has 1 aromatic rings. The number of hydrogen-bond acceptors (Lipinski definition) is 6. The van der Waals surface area contributed by atoms with Gasteiger partial charge in [-0.15, -0.1) is 18.3 Å². The Hall–Kier alpha value is -2.32. The number of anilines is 1. The van der Waals surface area contributed by atoms with Gasteiger partial charge < -0.3 is 19.6 Å². The van der Waals surface area contributed by atoms with Crippen LogP contribution in [0.2, 0.25) is 0 Å². The van der Waals surface area contributed by atoms with Crippen LogP contribution in [0.4, 0.5) is 5.69 Å². The van der Waals surface area contributed by atoms with Gasteiger partial charge in [0.05, 0.1) is 29.8 Å². The van der Waals surface area contributed by atoms with Gasteiger partial charge in [-0.25, -0.2) is 0 Å². The van der Waals surface area contributed by atoms with E-state index in [1.165, 1.54) is 4.90 Å². The van der Waals surface area contributed by atoms with Crippen LogP contribution >= 0.6 is 11.8 Å². The number of likely N-dealkylation sites (tertiary alicyclic amines) is 1. The largest absolute Gasteiger partial charge is 0.466 e. The van der Waals surface area contributed by atoms with E-state index < -0.39 is 22.6 Å². The predicted octanol–water partition coefficient (Wildman–Crippen LogP) is 2.72. The van der Waals surface area contributed by atoms with E-state index in [4.69, 9.17) is 4.74 Å². The molecule has 3 aliphatic rings. The summed E-state index contributed by atoms with van der Waals surface area (Å²) in [5.41, 5.74) is 2.77. The molecule has 2 bridgehead atoms. The molecule has 6 atom stereocenters. The monoisotopic (exact) mass is 486 g/mol. The Bertz CT molecular complexity index is 1010. The summed E-state index contributed by atoms with van der Waals surface area (Å²) in [6.07, 6.45) is 2.44. The molecule has 184 valence electrons. The van der Waals surface area contributed by atoms with Crippen LogP contribution in [0.1, 0.15) is 31.4 Å². The van der Waals surface area contributed by atoms with Crippen LogP contribution < -0.4 is 4.90 Å². The van der Waals surface area contributed by atoms with Gasteiger partial charge in [0.25, 0.3) is 5.91 Å². The Kier molecular flexibility index (Phi) is 6.84. The Morgan fingerprint density at radius 2 is 2.12 bits per heavy atom. The van der Waals surface area contributed by atoms with Gasteiger partial charge in [0, 0.05) is 24.0 Å². The zero-order chi connectivity index (χ0) is 24.8. The lowest BCUT2D eigenvalue weighted by atomic mass is 9.66. The summed E-state index contributed by atoms with van der Waals surface area (Å²) in [6, 6.07) is 5.18. The predicted molar refractivity (Wildman–Crippen MR) is 133 cm³/mol. The lowest BCUT2D eigenvalue weighted by molar-refractivity contribution is -0.154. The van der Waals surface area contributed by atoms with E-state index >= 15 is 0 Å². The number of fused-ring (bicyclic) bond motifs is 1. The van der Waals surface area contributed by atoms with Gasteiger partial charge in [0.15, 0.2) is 0 Å². The quantitative estimate of drug-likeness (QED) is 0.449. The van der Waals surface area contributed by atoms with E-state index in [-0.39, 0.29) is 48.7 Å². The Morgan fingerprint density at radius 3 is 2.76 bits per heavy atom. The standard InChI is InChI=1S/C26H34N2O5S/c1-6-10-27(18-13-15(3)8-9-16(18)4)24(31)22-26-17(5)14-19(34-26)20(25(32)33-7-2)21(26)23(30)28(22)11-12-29/h6,8-9,13,17,19-22,29H,1,7,10-12,14H2,2-5H3/t17?,19-,20+,21+,22?,26?/m1/s1. The van der Waals surface area contributed by atoms with Crippen molar-refractivity contribution < 1.29 is 24.2 Å². The average Bonchev–Trinajstić information content (AvgIpc) is 3.38. The van der Waals surface area contributed by atoms with E-state index in [2.05, 4.69) is 13.5 Å². The molecule has 0 radical (unpaired) electrons. The van der Waals surface area contributed by atoms with E-state index in [1.807, 2.05) is 32.0 Å². The number of rotatable bonds is 8. The van der Waals surface area contributed by atoms with E-state index in [0.717, 1.165) is 23.2 Å². The summed E-state index contributed by atoms with van der Waals surface area (Å²) in [6.45, 7) is 12.0. The van der Waals surface area contributed by atoms with Crippen molar-refractivity contribution in [3.05, 3.63) is 42.0 Å². The first-order valence-electron chi connectivity index (χ1n) is 12.0. The second-order valence-corrected chi connectivity index (χ2v) is 11.1. The fourth-order valence-electron chi connectivity index (χ4n) is 6.25. The number of β-amino-alcohol motifs (C(OH)–C–C–N with tert-alkyl or cyclic N) is 1. The Morgan fingerprint density at radius 1 is 1.38 bits per heavy atom. The number of esters is 1. The summed E-state index contributed by atoms with van der Waals surface area (Å²) in [4.78, 5) is 44.3. The van der Waals surface area contributed by atoms with Gasteiger partial charge in [-0.2, -0.15) is 0 Å². The summed E-state index contributed by atoms with van der Waals surface area (Å²) >= 11 is 1.61. The van der Waals surface area contributed by atoms with Gasteiger partial charge in [-0.05, 0) is 50.3 Å². The number of thioether (sulfide) groups is 1. The zero-order valence-electron chi connectivity index (χ0n) is 20.3. The Balaban J connectivity index is 1.82. The van der Waals surface area contributed by atoms with Crippen molar-refractivity contribution in [3.8, 4) is 0 Å². The van der Waals surface area contributed by atoms with Crippen molar-refractivity contribution in [3.63, 3.8) is 0 Å². The summed E-state index contributed by atoms with van der Waals surface area (Å²) in [5, 5.41) is 9.75. The molecule has 1 spiro atoms.